The molecule has 2 aromatic rings. The molecule has 38 heavy (non-hydrogen) atoms. The summed E-state index contributed by atoms with van der Waals surface area (Å²) in [5, 5.41) is 0. The van der Waals surface area contributed by atoms with Crippen molar-refractivity contribution in [1.82, 2.24) is 0 Å². The van der Waals surface area contributed by atoms with E-state index in [1.54, 1.807) is 18.2 Å². The van der Waals surface area contributed by atoms with Crippen LogP contribution in [0.15, 0.2) is 30.3 Å². The molecule has 2 saturated carbocycles. The van der Waals surface area contributed by atoms with Crippen LogP contribution in [0.4, 0.5) is 13.2 Å². The molecule has 0 unspecified atom stereocenters. The van der Waals surface area contributed by atoms with Crippen LogP contribution in [0.1, 0.15) is 124 Å². The van der Waals surface area contributed by atoms with Crippen molar-refractivity contribution in [1.29, 1.82) is 0 Å². The fourth-order valence-electron chi connectivity index (χ4n) is 5.96. The molecule has 0 heterocycles. The number of halogens is 3. The molecule has 2 aliphatic rings. The van der Waals surface area contributed by atoms with Crippen molar-refractivity contribution >= 4 is 5.97 Å². The quantitative estimate of drug-likeness (QED) is 0.227. The average molecular weight is 531 g/mol. The number of hydrogen-bond donors (Lipinski definition) is 0. The van der Waals surface area contributed by atoms with Gasteiger partial charge in [-0.2, -0.15) is 0 Å². The van der Waals surface area contributed by atoms with Crippen LogP contribution in [0.2, 0.25) is 0 Å². The zero-order chi connectivity index (χ0) is 27.1. The molecule has 0 N–H and O–H groups in total. The van der Waals surface area contributed by atoms with Crippen molar-refractivity contribution in [3.63, 3.8) is 0 Å². The van der Waals surface area contributed by atoms with Crippen molar-refractivity contribution in [2.75, 3.05) is 6.61 Å². The first-order valence-corrected chi connectivity index (χ1v) is 14.5. The molecular formula is C32H41F3O3. The number of carbonyl (C=O) groups excluding carboxylic acids is 1. The van der Waals surface area contributed by atoms with Gasteiger partial charge >= 0.3 is 5.97 Å². The summed E-state index contributed by atoms with van der Waals surface area (Å²) >= 11 is 0. The van der Waals surface area contributed by atoms with Gasteiger partial charge in [0.2, 0.25) is 0 Å². The van der Waals surface area contributed by atoms with E-state index in [1.807, 2.05) is 0 Å². The van der Waals surface area contributed by atoms with Gasteiger partial charge in [0.05, 0.1) is 12.2 Å². The molecule has 0 bridgehead atoms. The first-order valence-electron chi connectivity index (χ1n) is 14.5. The summed E-state index contributed by atoms with van der Waals surface area (Å²) in [5.74, 6) is -1.77. The lowest BCUT2D eigenvalue weighted by molar-refractivity contribution is 0.0189. The standard InChI is InChI=1S/C32H41F3O3/c1-3-4-5-6-19-37-25-15-16-28(29(33)20-25)32(36)38-24-13-11-23(12-14-24)27-18-17-26(30(34)31(27)35)22-9-7-21(2)8-10-22/h15-18,20-24H,3-14,19H2,1-2H3. The van der Waals surface area contributed by atoms with Crippen LogP contribution in [0.3, 0.4) is 0 Å². The van der Waals surface area contributed by atoms with Gasteiger partial charge in [0.15, 0.2) is 11.6 Å². The minimum atomic E-state index is -0.726. The van der Waals surface area contributed by atoms with E-state index >= 15 is 8.78 Å². The molecule has 208 valence electrons. The Labute approximate surface area is 225 Å². The monoisotopic (exact) mass is 530 g/mol. The van der Waals surface area contributed by atoms with Crippen LogP contribution in [-0.4, -0.2) is 18.7 Å². The molecule has 0 aliphatic heterocycles. The van der Waals surface area contributed by atoms with E-state index in [0.29, 0.717) is 55.1 Å². The first kappa shape index (κ1) is 28.5. The Kier molecular flexibility index (Phi) is 10.1. The number of esters is 1. The fourth-order valence-corrected chi connectivity index (χ4v) is 5.96. The largest absolute Gasteiger partial charge is 0.493 e. The molecule has 2 aromatic carbocycles. The van der Waals surface area contributed by atoms with Crippen LogP contribution < -0.4 is 4.74 Å². The van der Waals surface area contributed by atoms with Gasteiger partial charge in [-0.25, -0.2) is 18.0 Å². The first-order chi connectivity index (χ1) is 18.4. The van der Waals surface area contributed by atoms with E-state index < -0.39 is 23.4 Å². The van der Waals surface area contributed by atoms with E-state index in [1.165, 1.54) is 12.1 Å². The highest BCUT2D eigenvalue weighted by Crippen LogP contribution is 2.41. The van der Waals surface area contributed by atoms with Crippen LogP contribution in [0, 0.1) is 23.4 Å². The van der Waals surface area contributed by atoms with Crippen LogP contribution >= 0.6 is 0 Å². The molecule has 2 fully saturated rings. The van der Waals surface area contributed by atoms with Crippen molar-refractivity contribution in [3.8, 4) is 5.75 Å². The van der Waals surface area contributed by atoms with E-state index in [4.69, 9.17) is 9.47 Å². The molecule has 0 radical (unpaired) electrons. The number of unbranched alkanes of at least 4 members (excludes halogenated alkanes) is 3. The number of carbonyl (C=O) groups is 1. The summed E-state index contributed by atoms with van der Waals surface area (Å²) in [5.41, 5.74) is 0.804. The van der Waals surface area contributed by atoms with E-state index in [9.17, 15) is 9.18 Å². The third-order valence-corrected chi connectivity index (χ3v) is 8.41. The molecular weight excluding hydrogens is 489 g/mol. The topological polar surface area (TPSA) is 35.5 Å². The molecule has 0 spiro atoms. The minimum Gasteiger partial charge on any atom is -0.493 e. The Bertz CT molecular complexity index is 1070. The minimum absolute atomic E-state index is 0.0942. The van der Waals surface area contributed by atoms with Crippen molar-refractivity contribution < 1.29 is 27.4 Å². The average Bonchev–Trinajstić information content (AvgIpc) is 2.91. The summed E-state index contributed by atoms with van der Waals surface area (Å²) < 4.78 is 55.9. The van der Waals surface area contributed by atoms with Crippen LogP contribution in [0.5, 0.6) is 5.75 Å². The highest BCUT2D eigenvalue weighted by molar-refractivity contribution is 5.90. The highest BCUT2D eigenvalue weighted by Gasteiger charge is 2.30. The molecule has 6 heteroatoms. The maximum Gasteiger partial charge on any atom is 0.341 e. The molecule has 4 rings (SSSR count). The summed E-state index contributed by atoms with van der Waals surface area (Å²) in [6.45, 7) is 4.86. The van der Waals surface area contributed by atoms with Gasteiger partial charge < -0.3 is 9.47 Å². The maximum atomic E-state index is 15.1. The fraction of sp³-hybridized carbons (Fsp3) is 0.594. The van der Waals surface area contributed by atoms with Crippen LogP contribution in [-0.2, 0) is 4.74 Å². The van der Waals surface area contributed by atoms with E-state index in [-0.39, 0.29) is 23.5 Å². The van der Waals surface area contributed by atoms with Crippen LogP contribution in [0.25, 0.3) is 0 Å². The lowest BCUT2D eigenvalue weighted by Gasteiger charge is -2.30. The summed E-state index contributed by atoms with van der Waals surface area (Å²) in [6.07, 6.45) is 10.0. The second-order valence-corrected chi connectivity index (χ2v) is 11.3. The number of benzene rings is 2. The van der Waals surface area contributed by atoms with Gasteiger partial charge in [-0.1, -0.05) is 58.1 Å². The Morgan fingerprint density at radius 3 is 2.00 bits per heavy atom. The molecule has 0 saturated heterocycles. The Balaban J connectivity index is 1.28. The molecule has 2 aliphatic carbocycles. The van der Waals surface area contributed by atoms with Gasteiger partial charge in [0.1, 0.15) is 17.7 Å². The van der Waals surface area contributed by atoms with Gasteiger partial charge in [-0.3, -0.25) is 0 Å². The van der Waals surface area contributed by atoms with Gasteiger partial charge in [0.25, 0.3) is 0 Å². The summed E-state index contributed by atoms with van der Waals surface area (Å²) in [7, 11) is 0. The third kappa shape index (κ3) is 7.12. The zero-order valence-corrected chi connectivity index (χ0v) is 22.7. The van der Waals surface area contributed by atoms with Gasteiger partial charge in [0, 0.05) is 6.07 Å². The molecule has 0 amide bonds. The van der Waals surface area contributed by atoms with Crippen molar-refractivity contribution in [2.24, 2.45) is 5.92 Å². The lowest BCUT2D eigenvalue weighted by atomic mass is 9.77. The smallest absolute Gasteiger partial charge is 0.341 e. The highest BCUT2D eigenvalue weighted by atomic mass is 19.2. The third-order valence-electron chi connectivity index (χ3n) is 8.41. The molecule has 3 nitrogen and oxygen atoms in total. The number of hydrogen-bond acceptors (Lipinski definition) is 3. The predicted molar refractivity (Wildman–Crippen MR) is 143 cm³/mol. The summed E-state index contributed by atoms with van der Waals surface area (Å²) in [6, 6.07) is 7.75. The summed E-state index contributed by atoms with van der Waals surface area (Å²) in [4.78, 5) is 12.6. The van der Waals surface area contributed by atoms with Gasteiger partial charge in [-0.15, -0.1) is 0 Å². The maximum absolute atomic E-state index is 15.1. The zero-order valence-electron chi connectivity index (χ0n) is 22.7. The molecule has 0 atom stereocenters. The SMILES string of the molecule is CCCCCCOc1ccc(C(=O)OC2CCC(c3ccc(C4CCC(C)CC4)c(F)c3F)CC2)c(F)c1. The Morgan fingerprint density at radius 2 is 1.42 bits per heavy atom. The Morgan fingerprint density at radius 1 is 0.816 bits per heavy atom. The van der Waals surface area contributed by atoms with E-state index in [0.717, 1.165) is 51.4 Å². The second-order valence-electron chi connectivity index (χ2n) is 11.3. The lowest BCUT2D eigenvalue weighted by Crippen LogP contribution is -2.25. The number of ether oxygens (including phenoxy) is 2. The predicted octanol–water partition coefficient (Wildman–Crippen LogP) is 9.24. The van der Waals surface area contributed by atoms with Crippen molar-refractivity contribution in [2.45, 2.75) is 109 Å². The normalized spacial score (nSPS) is 23.7. The van der Waals surface area contributed by atoms with Gasteiger partial charge in [-0.05, 0) is 86.0 Å². The Hall–Kier alpha value is -2.50. The molecule has 0 aromatic heterocycles. The van der Waals surface area contributed by atoms with E-state index in [2.05, 4.69) is 13.8 Å². The van der Waals surface area contributed by atoms with Crippen molar-refractivity contribution in [3.05, 3.63) is 64.5 Å². The number of rotatable bonds is 10. The second kappa shape index (κ2) is 13.5.